The van der Waals surface area contributed by atoms with Gasteiger partial charge in [0.1, 0.15) is 6.54 Å². The average molecular weight is 444 g/mol. The van der Waals surface area contributed by atoms with Crippen LogP contribution in [-0.4, -0.2) is 31.4 Å². The van der Waals surface area contributed by atoms with Crippen LogP contribution < -0.4 is 4.31 Å². The number of hydrogen-bond donors (Lipinski definition) is 1. The second-order valence-electron chi connectivity index (χ2n) is 6.64. The monoisotopic (exact) mass is 443 g/mol. The summed E-state index contributed by atoms with van der Waals surface area (Å²) in [5.41, 5.74) is 2.83. The lowest BCUT2D eigenvalue weighted by molar-refractivity contribution is -0.141. The third kappa shape index (κ3) is 3.43. The molecule has 154 valence electrons. The third-order valence-electron chi connectivity index (χ3n) is 4.96. The Balaban J connectivity index is 2.04. The first-order chi connectivity index (χ1) is 14.4. The SMILES string of the molecule is COC(=O)Cn1c(C)c(N(c2cccc3cccnc23)S(=O)O)c2cc(Cl)ccc21. The van der Waals surface area contributed by atoms with Gasteiger partial charge in [-0.3, -0.25) is 14.3 Å². The first kappa shape index (κ1) is 20.3. The molecule has 7 nitrogen and oxygen atoms in total. The Morgan fingerprint density at radius 3 is 2.77 bits per heavy atom. The lowest BCUT2D eigenvalue weighted by Crippen LogP contribution is -2.21. The molecule has 0 amide bonds. The lowest BCUT2D eigenvalue weighted by Gasteiger charge is -2.22. The Bertz CT molecular complexity index is 1300. The number of aromatic nitrogens is 2. The van der Waals surface area contributed by atoms with Crippen LogP contribution >= 0.6 is 11.6 Å². The number of carbonyl (C=O) groups is 1. The van der Waals surface area contributed by atoms with Gasteiger partial charge in [-0.2, -0.15) is 0 Å². The molecule has 2 aromatic carbocycles. The number of carbonyl (C=O) groups excluding carboxylic acids is 1. The van der Waals surface area contributed by atoms with E-state index >= 15 is 0 Å². The highest BCUT2D eigenvalue weighted by Crippen LogP contribution is 2.41. The molecule has 0 aliphatic carbocycles. The largest absolute Gasteiger partial charge is 0.468 e. The average Bonchev–Trinajstić information content (AvgIpc) is 2.99. The van der Waals surface area contributed by atoms with Gasteiger partial charge in [0, 0.05) is 27.7 Å². The number of methoxy groups -OCH3 is 1. The van der Waals surface area contributed by atoms with Crippen LogP contribution in [0.5, 0.6) is 0 Å². The molecule has 9 heteroatoms. The van der Waals surface area contributed by atoms with Gasteiger partial charge < -0.3 is 9.30 Å². The number of hydrogen-bond acceptors (Lipinski definition) is 4. The molecule has 0 aliphatic rings. The van der Waals surface area contributed by atoms with Gasteiger partial charge in [-0.05, 0) is 37.3 Å². The van der Waals surface area contributed by atoms with Crippen LogP contribution in [0.15, 0.2) is 54.7 Å². The van der Waals surface area contributed by atoms with Gasteiger partial charge in [-0.15, -0.1) is 0 Å². The van der Waals surface area contributed by atoms with Crippen LogP contribution in [-0.2, 0) is 27.3 Å². The second-order valence-corrected chi connectivity index (χ2v) is 7.90. The smallest absolute Gasteiger partial charge is 0.325 e. The maximum absolute atomic E-state index is 12.6. The summed E-state index contributed by atoms with van der Waals surface area (Å²) < 4.78 is 30.8. The molecule has 4 aromatic rings. The Hall–Kier alpha value is -2.94. The molecule has 0 fully saturated rings. The Morgan fingerprint density at radius 1 is 1.27 bits per heavy atom. The topological polar surface area (TPSA) is 84.7 Å². The molecule has 1 atom stereocenters. The number of halogens is 1. The van der Waals surface area contributed by atoms with Crippen molar-refractivity contribution in [2.24, 2.45) is 0 Å². The predicted octanol–water partition coefficient (Wildman–Crippen LogP) is 4.60. The van der Waals surface area contributed by atoms with Crippen LogP contribution in [0.3, 0.4) is 0 Å². The summed E-state index contributed by atoms with van der Waals surface area (Å²) in [6.45, 7) is 1.74. The van der Waals surface area contributed by atoms with E-state index in [9.17, 15) is 13.6 Å². The molecule has 0 saturated heterocycles. The van der Waals surface area contributed by atoms with Gasteiger partial charge in [0.2, 0.25) is 0 Å². The summed E-state index contributed by atoms with van der Waals surface area (Å²) in [5, 5.41) is 1.94. The molecule has 4 rings (SSSR count). The number of fused-ring (bicyclic) bond motifs is 2. The minimum Gasteiger partial charge on any atom is -0.468 e. The molecule has 0 bridgehead atoms. The maximum atomic E-state index is 12.6. The number of para-hydroxylation sites is 1. The van der Waals surface area contributed by atoms with E-state index in [-0.39, 0.29) is 6.54 Å². The summed E-state index contributed by atoms with van der Waals surface area (Å²) in [6, 6.07) is 14.3. The van der Waals surface area contributed by atoms with Gasteiger partial charge in [0.15, 0.2) is 0 Å². The van der Waals surface area contributed by atoms with Crippen LogP contribution in [0.25, 0.3) is 21.8 Å². The standard InChI is InChI=1S/C21H18ClN3O4S/c1-13-21(16-11-15(22)8-9-17(16)24(13)12-19(26)29-2)25(30(27)28)18-7-3-5-14-6-4-10-23-20(14)18/h3-11H,12H2,1-2H3,(H,27,28). The zero-order valence-electron chi connectivity index (χ0n) is 16.2. The number of nitrogens with zero attached hydrogens (tertiary/aromatic N) is 3. The Kier molecular flexibility index (Phi) is 5.46. The highest BCUT2D eigenvalue weighted by molar-refractivity contribution is 7.81. The Labute approximate surface area is 180 Å². The molecule has 2 aromatic heterocycles. The van der Waals surface area contributed by atoms with E-state index in [1.54, 1.807) is 54.1 Å². The minimum absolute atomic E-state index is 0.0415. The van der Waals surface area contributed by atoms with Crippen molar-refractivity contribution < 1.29 is 18.3 Å². The van der Waals surface area contributed by atoms with Crippen molar-refractivity contribution in [3.05, 3.63) is 65.4 Å². The summed E-state index contributed by atoms with van der Waals surface area (Å²) in [7, 11) is 1.32. The van der Waals surface area contributed by atoms with E-state index in [4.69, 9.17) is 16.3 Å². The second kappa shape index (κ2) is 8.06. The molecule has 0 spiro atoms. The van der Waals surface area contributed by atoms with Gasteiger partial charge in [-0.1, -0.05) is 29.8 Å². The molecule has 1 N–H and O–H groups in total. The summed E-state index contributed by atoms with van der Waals surface area (Å²) in [6.07, 6.45) is 1.63. The molecule has 30 heavy (non-hydrogen) atoms. The van der Waals surface area contributed by atoms with E-state index in [1.165, 1.54) is 11.4 Å². The van der Waals surface area contributed by atoms with Crippen molar-refractivity contribution in [1.82, 2.24) is 9.55 Å². The van der Waals surface area contributed by atoms with Gasteiger partial charge >= 0.3 is 5.97 Å². The number of ether oxygens (including phenoxy) is 1. The number of rotatable bonds is 5. The molecule has 0 aliphatic heterocycles. The fourth-order valence-electron chi connectivity index (χ4n) is 3.63. The van der Waals surface area contributed by atoms with Crippen molar-refractivity contribution in [3.63, 3.8) is 0 Å². The first-order valence-electron chi connectivity index (χ1n) is 9.02. The lowest BCUT2D eigenvalue weighted by atomic mass is 10.1. The van der Waals surface area contributed by atoms with Crippen LogP contribution in [0.1, 0.15) is 5.69 Å². The quantitative estimate of drug-likeness (QED) is 0.360. The van der Waals surface area contributed by atoms with Crippen molar-refractivity contribution in [2.75, 3.05) is 11.4 Å². The van der Waals surface area contributed by atoms with Gasteiger partial charge in [0.05, 0.1) is 29.5 Å². The molecular weight excluding hydrogens is 426 g/mol. The van der Waals surface area contributed by atoms with E-state index in [2.05, 4.69) is 4.98 Å². The summed E-state index contributed by atoms with van der Waals surface area (Å²) in [4.78, 5) is 16.4. The van der Waals surface area contributed by atoms with E-state index in [0.717, 1.165) is 5.39 Å². The van der Waals surface area contributed by atoms with E-state index < -0.39 is 17.2 Å². The third-order valence-corrected chi connectivity index (χ3v) is 5.88. The number of benzene rings is 2. The van der Waals surface area contributed by atoms with Crippen molar-refractivity contribution in [1.29, 1.82) is 0 Å². The van der Waals surface area contributed by atoms with Crippen LogP contribution in [0, 0.1) is 6.92 Å². The fourth-order valence-corrected chi connectivity index (χ4v) is 4.50. The maximum Gasteiger partial charge on any atom is 0.325 e. The van der Waals surface area contributed by atoms with E-state index in [0.29, 0.717) is 38.5 Å². The van der Waals surface area contributed by atoms with Crippen LogP contribution in [0.4, 0.5) is 11.4 Å². The number of esters is 1. The molecule has 2 heterocycles. The van der Waals surface area contributed by atoms with Crippen molar-refractivity contribution in [3.8, 4) is 0 Å². The van der Waals surface area contributed by atoms with Crippen LogP contribution in [0.2, 0.25) is 5.02 Å². The molecule has 1 unspecified atom stereocenters. The first-order valence-corrected chi connectivity index (χ1v) is 10.5. The zero-order valence-corrected chi connectivity index (χ0v) is 17.8. The van der Waals surface area contributed by atoms with Gasteiger partial charge in [0.25, 0.3) is 11.3 Å². The van der Waals surface area contributed by atoms with Gasteiger partial charge in [-0.25, -0.2) is 8.51 Å². The number of pyridine rings is 1. The van der Waals surface area contributed by atoms with E-state index in [1.807, 2.05) is 12.1 Å². The summed E-state index contributed by atoms with van der Waals surface area (Å²) in [5.74, 6) is -0.431. The summed E-state index contributed by atoms with van der Waals surface area (Å²) >= 11 is 3.83. The normalized spacial score (nSPS) is 12.3. The highest BCUT2D eigenvalue weighted by atomic mass is 35.5. The van der Waals surface area contributed by atoms with Crippen molar-refractivity contribution in [2.45, 2.75) is 13.5 Å². The van der Waals surface area contributed by atoms with Crippen molar-refractivity contribution >= 4 is 62.0 Å². The zero-order chi connectivity index (χ0) is 21.4. The molecular formula is C21H18ClN3O4S. The predicted molar refractivity (Wildman–Crippen MR) is 118 cm³/mol. The highest BCUT2D eigenvalue weighted by Gasteiger charge is 2.27. The number of anilines is 2. The molecule has 0 saturated carbocycles. The fraction of sp³-hybridized carbons (Fsp3) is 0.143. The minimum atomic E-state index is -2.41. The molecule has 0 radical (unpaired) electrons. The Morgan fingerprint density at radius 2 is 2.03 bits per heavy atom.